The van der Waals surface area contributed by atoms with E-state index >= 15 is 0 Å². The van der Waals surface area contributed by atoms with E-state index in [1.54, 1.807) is 11.8 Å². The molecule has 7 heteroatoms. The second-order valence-electron chi connectivity index (χ2n) is 5.54. The maximum atomic E-state index is 12.2. The molecule has 0 radical (unpaired) electrons. The lowest BCUT2D eigenvalue weighted by molar-refractivity contribution is -0.138. The summed E-state index contributed by atoms with van der Waals surface area (Å²) in [5.74, 6) is -0.231. The molecule has 110 valence electrons. The van der Waals surface area contributed by atoms with Crippen LogP contribution in [0.25, 0.3) is 0 Å². The van der Waals surface area contributed by atoms with Crippen LogP contribution in [0.2, 0.25) is 0 Å². The minimum atomic E-state index is -0.873. The summed E-state index contributed by atoms with van der Waals surface area (Å²) >= 11 is 0. The number of piperidine rings is 1. The third kappa shape index (κ3) is 2.98. The summed E-state index contributed by atoms with van der Waals surface area (Å²) in [7, 11) is 1.37. The van der Waals surface area contributed by atoms with Crippen LogP contribution in [0.1, 0.15) is 19.8 Å². The molecule has 1 aliphatic rings. The second-order valence-corrected chi connectivity index (χ2v) is 5.54. The van der Waals surface area contributed by atoms with Crippen molar-refractivity contribution in [3.05, 3.63) is 33.1 Å². The molecule has 0 saturated carbocycles. The van der Waals surface area contributed by atoms with Gasteiger partial charge in [-0.2, -0.15) is 0 Å². The van der Waals surface area contributed by atoms with Gasteiger partial charge >= 0.3 is 5.69 Å². The van der Waals surface area contributed by atoms with E-state index < -0.39 is 16.9 Å². The number of carbonyl (C=O) groups is 1. The first-order chi connectivity index (χ1) is 9.30. The first-order valence-corrected chi connectivity index (χ1v) is 6.57. The minimum absolute atomic E-state index is 0.122. The highest BCUT2D eigenvalue weighted by Crippen LogP contribution is 2.20. The van der Waals surface area contributed by atoms with E-state index in [1.165, 1.54) is 23.9 Å². The maximum absolute atomic E-state index is 12.2. The highest BCUT2D eigenvalue weighted by molar-refractivity contribution is 5.76. The van der Waals surface area contributed by atoms with E-state index in [0.29, 0.717) is 13.0 Å². The summed E-state index contributed by atoms with van der Waals surface area (Å²) < 4.78 is 2.16. The Morgan fingerprint density at radius 1 is 1.45 bits per heavy atom. The van der Waals surface area contributed by atoms with Crippen LogP contribution >= 0.6 is 0 Å². The summed E-state index contributed by atoms with van der Waals surface area (Å²) in [6.07, 6.45) is 2.72. The number of β-amino-alcohol motifs (C(OH)–C–C–N with tert-alkyl or cyclic N) is 1. The Hall–Kier alpha value is -1.89. The molecule has 1 aromatic rings. The van der Waals surface area contributed by atoms with E-state index in [1.807, 2.05) is 0 Å². The third-order valence-electron chi connectivity index (χ3n) is 3.59. The number of hydrogen-bond donors (Lipinski definition) is 1. The van der Waals surface area contributed by atoms with Gasteiger partial charge in [-0.15, -0.1) is 0 Å². The summed E-state index contributed by atoms with van der Waals surface area (Å²) in [6.45, 7) is 2.43. The average molecular weight is 281 g/mol. The maximum Gasteiger partial charge on any atom is 0.331 e. The van der Waals surface area contributed by atoms with Gasteiger partial charge in [-0.1, -0.05) is 0 Å². The number of rotatable bonds is 2. The molecule has 0 aliphatic carbocycles. The number of aliphatic hydroxyl groups is 1. The lowest BCUT2D eigenvalue weighted by Crippen LogP contribution is -2.50. The largest absolute Gasteiger partial charge is 0.388 e. The molecule has 2 heterocycles. The number of likely N-dealkylation sites (tertiary alicyclic amines) is 1. The van der Waals surface area contributed by atoms with Gasteiger partial charge in [0.05, 0.1) is 5.60 Å². The quantitative estimate of drug-likeness (QED) is 0.747. The van der Waals surface area contributed by atoms with Gasteiger partial charge in [0.25, 0.3) is 5.56 Å². The summed E-state index contributed by atoms with van der Waals surface area (Å²) in [5.41, 5.74) is -1.79. The Bertz CT molecular complexity index is 629. The van der Waals surface area contributed by atoms with Crippen molar-refractivity contribution in [1.29, 1.82) is 0 Å². The SMILES string of the molecule is Cn1c(=O)ccn(CC(=O)N2CCCC(C)(O)C2)c1=O. The van der Waals surface area contributed by atoms with Crippen molar-refractivity contribution in [1.82, 2.24) is 14.0 Å². The smallest absolute Gasteiger partial charge is 0.331 e. The fourth-order valence-corrected chi connectivity index (χ4v) is 2.42. The lowest BCUT2D eigenvalue weighted by atomic mass is 9.95. The van der Waals surface area contributed by atoms with Crippen molar-refractivity contribution in [3.8, 4) is 0 Å². The van der Waals surface area contributed by atoms with Crippen LogP contribution in [-0.4, -0.2) is 43.7 Å². The van der Waals surface area contributed by atoms with Gasteiger partial charge in [0, 0.05) is 32.4 Å². The summed E-state index contributed by atoms with van der Waals surface area (Å²) in [4.78, 5) is 36.9. The number of nitrogens with zero attached hydrogens (tertiary/aromatic N) is 3. The number of aromatic nitrogens is 2. The van der Waals surface area contributed by atoms with Gasteiger partial charge < -0.3 is 10.0 Å². The topological polar surface area (TPSA) is 84.5 Å². The molecule has 1 atom stereocenters. The van der Waals surface area contributed by atoms with Gasteiger partial charge in [0.1, 0.15) is 6.54 Å². The number of carbonyl (C=O) groups excluding carboxylic acids is 1. The number of amides is 1. The normalized spacial score (nSPS) is 22.9. The highest BCUT2D eigenvalue weighted by atomic mass is 16.3. The Morgan fingerprint density at radius 2 is 2.15 bits per heavy atom. The summed E-state index contributed by atoms with van der Waals surface area (Å²) in [5, 5.41) is 9.99. The fourth-order valence-electron chi connectivity index (χ4n) is 2.42. The van der Waals surface area contributed by atoms with Crippen molar-refractivity contribution < 1.29 is 9.90 Å². The molecule has 0 aromatic carbocycles. The molecule has 2 rings (SSSR count). The van der Waals surface area contributed by atoms with Crippen LogP contribution in [0, 0.1) is 0 Å². The zero-order chi connectivity index (χ0) is 14.9. The first kappa shape index (κ1) is 14.5. The molecule has 0 bridgehead atoms. The Labute approximate surface area is 116 Å². The van der Waals surface area contributed by atoms with Crippen LogP contribution in [-0.2, 0) is 18.4 Å². The van der Waals surface area contributed by atoms with E-state index in [9.17, 15) is 19.5 Å². The molecule has 1 aromatic heterocycles. The molecule has 1 aliphatic heterocycles. The summed E-state index contributed by atoms with van der Waals surface area (Å²) in [6, 6.07) is 1.25. The van der Waals surface area contributed by atoms with Crippen molar-refractivity contribution in [2.75, 3.05) is 13.1 Å². The van der Waals surface area contributed by atoms with Crippen LogP contribution < -0.4 is 11.2 Å². The van der Waals surface area contributed by atoms with E-state index in [4.69, 9.17) is 0 Å². The van der Waals surface area contributed by atoms with E-state index in [0.717, 1.165) is 11.0 Å². The molecule has 7 nitrogen and oxygen atoms in total. The minimum Gasteiger partial charge on any atom is -0.388 e. The Morgan fingerprint density at radius 3 is 2.80 bits per heavy atom. The van der Waals surface area contributed by atoms with Gasteiger partial charge in [-0.05, 0) is 19.8 Å². The van der Waals surface area contributed by atoms with Crippen LogP contribution in [0.3, 0.4) is 0 Å². The second kappa shape index (κ2) is 5.24. The molecule has 1 saturated heterocycles. The molecule has 1 fully saturated rings. The van der Waals surface area contributed by atoms with Gasteiger partial charge in [-0.3, -0.25) is 18.7 Å². The molecule has 1 amide bonds. The predicted molar refractivity (Wildman–Crippen MR) is 72.4 cm³/mol. The first-order valence-electron chi connectivity index (χ1n) is 6.57. The van der Waals surface area contributed by atoms with Gasteiger partial charge in [0.15, 0.2) is 0 Å². The number of hydrogen-bond acceptors (Lipinski definition) is 4. The Kier molecular flexibility index (Phi) is 3.80. The lowest BCUT2D eigenvalue weighted by Gasteiger charge is -2.36. The van der Waals surface area contributed by atoms with Crippen molar-refractivity contribution in [3.63, 3.8) is 0 Å². The average Bonchev–Trinajstić information content (AvgIpc) is 2.38. The zero-order valence-corrected chi connectivity index (χ0v) is 11.7. The third-order valence-corrected chi connectivity index (χ3v) is 3.59. The molecule has 20 heavy (non-hydrogen) atoms. The van der Waals surface area contributed by atoms with E-state index in [2.05, 4.69) is 0 Å². The van der Waals surface area contributed by atoms with Gasteiger partial charge in [0.2, 0.25) is 5.91 Å². The molecule has 0 spiro atoms. The molecular weight excluding hydrogens is 262 g/mol. The standard InChI is InChI=1S/C13H19N3O4/c1-13(20)5-3-6-16(9-13)11(18)8-15-7-4-10(17)14(2)12(15)19/h4,7,20H,3,5-6,8-9H2,1-2H3. The fraction of sp³-hybridized carbons (Fsp3) is 0.615. The van der Waals surface area contributed by atoms with Crippen molar-refractivity contribution in [2.24, 2.45) is 7.05 Å². The zero-order valence-electron chi connectivity index (χ0n) is 11.7. The van der Waals surface area contributed by atoms with Crippen LogP contribution in [0.15, 0.2) is 21.9 Å². The molecule has 1 N–H and O–H groups in total. The highest BCUT2D eigenvalue weighted by Gasteiger charge is 2.30. The van der Waals surface area contributed by atoms with Gasteiger partial charge in [-0.25, -0.2) is 4.79 Å². The van der Waals surface area contributed by atoms with E-state index in [-0.39, 0.29) is 19.0 Å². The van der Waals surface area contributed by atoms with Crippen molar-refractivity contribution >= 4 is 5.91 Å². The van der Waals surface area contributed by atoms with Crippen molar-refractivity contribution in [2.45, 2.75) is 31.9 Å². The molecule has 1 unspecified atom stereocenters. The van der Waals surface area contributed by atoms with Crippen LogP contribution in [0.5, 0.6) is 0 Å². The predicted octanol–water partition coefficient (Wildman–Crippen LogP) is -1.08. The van der Waals surface area contributed by atoms with Crippen LogP contribution in [0.4, 0.5) is 0 Å². The molecular formula is C13H19N3O4. The Balaban J connectivity index is 2.14. The monoisotopic (exact) mass is 281 g/mol.